The third-order valence-corrected chi connectivity index (χ3v) is 1.36. The predicted molar refractivity (Wildman–Crippen MR) is 36.8 cm³/mol. The van der Waals surface area contributed by atoms with Gasteiger partial charge in [0.15, 0.2) is 5.69 Å². The first kappa shape index (κ1) is 9.79. The van der Waals surface area contributed by atoms with E-state index in [1.54, 1.807) is 0 Å². The molecular weight excluding hydrogens is 187 g/mol. The van der Waals surface area contributed by atoms with Crippen molar-refractivity contribution in [1.82, 2.24) is 4.98 Å². The number of aliphatic hydroxyl groups is 1. The van der Waals surface area contributed by atoms with E-state index < -0.39 is 24.2 Å². The highest BCUT2D eigenvalue weighted by Crippen LogP contribution is 2.33. The largest absolute Gasteiger partial charge is 0.506 e. The molecule has 0 aliphatic rings. The van der Waals surface area contributed by atoms with Gasteiger partial charge in [-0.2, -0.15) is 13.2 Å². The quantitative estimate of drug-likeness (QED) is 0.706. The van der Waals surface area contributed by atoms with Crippen molar-refractivity contribution in [3.05, 3.63) is 23.5 Å². The summed E-state index contributed by atoms with van der Waals surface area (Å²) >= 11 is 0. The predicted octanol–water partition coefficient (Wildman–Crippen LogP) is 1.30. The van der Waals surface area contributed by atoms with Crippen LogP contribution in [0.4, 0.5) is 13.2 Å². The molecule has 0 bridgehead atoms. The van der Waals surface area contributed by atoms with Crippen LogP contribution in [0.25, 0.3) is 0 Å². The van der Waals surface area contributed by atoms with Crippen molar-refractivity contribution in [3.8, 4) is 5.75 Å². The lowest BCUT2D eigenvalue weighted by Crippen LogP contribution is -2.09. The van der Waals surface area contributed by atoms with Crippen LogP contribution in [0.2, 0.25) is 0 Å². The minimum atomic E-state index is -4.70. The highest BCUT2D eigenvalue weighted by atomic mass is 19.4. The second-order valence-corrected chi connectivity index (χ2v) is 2.33. The van der Waals surface area contributed by atoms with Crippen molar-refractivity contribution >= 4 is 0 Å². The Kier molecular flexibility index (Phi) is 2.42. The van der Waals surface area contributed by atoms with Crippen molar-refractivity contribution in [2.24, 2.45) is 0 Å². The lowest BCUT2D eigenvalue weighted by Gasteiger charge is -2.08. The third kappa shape index (κ3) is 2.09. The van der Waals surface area contributed by atoms with E-state index in [2.05, 4.69) is 4.98 Å². The average molecular weight is 193 g/mol. The Morgan fingerprint density at radius 2 is 1.92 bits per heavy atom. The van der Waals surface area contributed by atoms with Crippen LogP contribution in [-0.2, 0) is 12.8 Å². The highest BCUT2D eigenvalue weighted by molar-refractivity contribution is 5.29. The van der Waals surface area contributed by atoms with Gasteiger partial charge in [-0.05, 0) is 12.1 Å². The number of hydrogen-bond acceptors (Lipinski definition) is 3. The first-order valence-electron chi connectivity index (χ1n) is 3.32. The van der Waals surface area contributed by atoms with E-state index >= 15 is 0 Å². The second-order valence-electron chi connectivity index (χ2n) is 2.33. The Labute approximate surface area is 71.5 Å². The molecule has 1 aromatic rings. The number of rotatable bonds is 1. The van der Waals surface area contributed by atoms with Crippen LogP contribution in [-0.4, -0.2) is 15.2 Å². The normalized spacial score (nSPS) is 11.7. The monoisotopic (exact) mass is 193 g/mol. The maximum atomic E-state index is 12.1. The molecule has 0 fully saturated rings. The molecular formula is C7H6F3NO2. The van der Waals surface area contributed by atoms with Crippen LogP contribution < -0.4 is 0 Å². The molecule has 0 unspecified atom stereocenters. The third-order valence-electron chi connectivity index (χ3n) is 1.36. The van der Waals surface area contributed by atoms with E-state index in [0.717, 1.165) is 12.1 Å². The number of halogens is 3. The van der Waals surface area contributed by atoms with Gasteiger partial charge in [-0.25, -0.2) is 4.98 Å². The summed E-state index contributed by atoms with van der Waals surface area (Å²) in [5, 5.41) is 17.3. The lowest BCUT2D eigenvalue weighted by atomic mass is 10.3. The molecule has 0 saturated carbocycles. The van der Waals surface area contributed by atoms with Crippen LogP contribution in [0, 0.1) is 0 Å². The van der Waals surface area contributed by atoms with Crippen molar-refractivity contribution < 1.29 is 23.4 Å². The molecule has 0 aliphatic carbocycles. The SMILES string of the molecule is OCc1ccc(O)c(C(F)(F)F)n1. The number of alkyl halides is 3. The summed E-state index contributed by atoms with van der Waals surface area (Å²) in [5.74, 6) is -0.940. The molecule has 1 rings (SSSR count). The molecule has 0 radical (unpaired) electrons. The number of nitrogens with zero attached hydrogens (tertiary/aromatic N) is 1. The maximum absolute atomic E-state index is 12.1. The van der Waals surface area contributed by atoms with Crippen LogP contribution in [0.3, 0.4) is 0 Å². The summed E-state index contributed by atoms with van der Waals surface area (Å²) in [6, 6.07) is 1.96. The molecule has 1 aromatic heterocycles. The van der Waals surface area contributed by atoms with Gasteiger partial charge in [-0.3, -0.25) is 0 Å². The topological polar surface area (TPSA) is 53.4 Å². The molecule has 0 aromatic carbocycles. The van der Waals surface area contributed by atoms with Crippen LogP contribution in [0.15, 0.2) is 12.1 Å². The molecule has 2 N–H and O–H groups in total. The smallest absolute Gasteiger partial charge is 0.437 e. The Morgan fingerprint density at radius 1 is 1.31 bits per heavy atom. The molecule has 13 heavy (non-hydrogen) atoms. The Balaban J connectivity index is 3.19. The highest BCUT2D eigenvalue weighted by Gasteiger charge is 2.36. The van der Waals surface area contributed by atoms with Gasteiger partial charge >= 0.3 is 6.18 Å². The van der Waals surface area contributed by atoms with Gasteiger partial charge in [-0.1, -0.05) is 0 Å². The molecule has 6 heteroatoms. The van der Waals surface area contributed by atoms with Crippen LogP contribution >= 0.6 is 0 Å². The summed E-state index contributed by atoms with van der Waals surface area (Å²) in [7, 11) is 0. The van der Waals surface area contributed by atoms with Crippen molar-refractivity contribution in [3.63, 3.8) is 0 Å². The molecule has 3 nitrogen and oxygen atoms in total. The molecule has 0 amide bonds. The van der Waals surface area contributed by atoms with E-state index in [4.69, 9.17) is 10.2 Å². The Bertz CT molecular complexity index is 311. The minimum Gasteiger partial charge on any atom is -0.506 e. The number of aliphatic hydroxyl groups excluding tert-OH is 1. The van der Waals surface area contributed by atoms with Crippen molar-refractivity contribution in [2.75, 3.05) is 0 Å². The summed E-state index contributed by atoms with van der Waals surface area (Å²) in [6.45, 7) is -0.594. The molecule has 0 aliphatic heterocycles. The number of pyridine rings is 1. The van der Waals surface area contributed by atoms with Gasteiger partial charge < -0.3 is 10.2 Å². The first-order valence-corrected chi connectivity index (χ1v) is 3.32. The fraction of sp³-hybridized carbons (Fsp3) is 0.286. The summed E-state index contributed by atoms with van der Waals surface area (Å²) in [5.41, 5.74) is -1.51. The van der Waals surface area contributed by atoms with Gasteiger partial charge in [0, 0.05) is 0 Å². The number of aromatic nitrogens is 1. The van der Waals surface area contributed by atoms with Gasteiger partial charge in [0.05, 0.1) is 12.3 Å². The van der Waals surface area contributed by atoms with Gasteiger partial charge in [0.2, 0.25) is 0 Å². The summed E-state index contributed by atoms with van der Waals surface area (Å²) < 4.78 is 36.2. The van der Waals surface area contributed by atoms with E-state index in [9.17, 15) is 13.2 Å². The zero-order valence-electron chi connectivity index (χ0n) is 6.34. The van der Waals surface area contributed by atoms with Crippen molar-refractivity contribution in [1.29, 1.82) is 0 Å². The van der Waals surface area contributed by atoms with Gasteiger partial charge in [-0.15, -0.1) is 0 Å². The molecule has 0 spiro atoms. The lowest BCUT2D eigenvalue weighted by molar-refractivity contribution is -0.142. The second kappa shape index (κ2) is 3.21. The summed E-state index contributed by atoms with van der Waals surface area (Å²) in [4.78, 5) is 3.04. The van der Waals surface area contributed by atoms with Crippen LogP contribution in [0.5, 0.6) is 5.75 Å². The minimum absolute atomic E-state index is 0.134. The van der Waals surface area contributed by atoms with E-state index in [0.29, 0.717) is 0 Å². The molecule has 1 heterocycles. The van der Waals surface area contributed by atoms with E-state index in [1.165, 1.54) is 0 Å². The van der Waals surface area contributed by atoms with Gasteiger partial charge in [0.1, 0.15) is 5.75 Å². The average Bonchev–Trinajstić information content (AvgIpc) is 2.03. The standard InChI is InChI=1S/C7H6F3NO2/c8-7(9,10)6-5(13)2-1-4(3-12)11-6/h1-2,12-13H,3H2. The molecule has 0 atom stereocenters. The fourth-order valence-corrected chi connectivity index (χ4v) is 0.789. The van der Waals surface area contributed by atoms with Crippen molar-refractivity contribution in [2.45, 2.75) is 12.8 Å². The Hall–Kier alpha value is -1.30. The van der Waals surface area contributed by atoms with E-state index in [1.807, 2.05) is 0 Å². The molecule has 72 valence electrons. The fourth-order valence-electron chi connectivity index (χ4n) is 0.789. The summed E-state index contributed by atoms with van der Waals surface area (Å²) in [6.07, 6.45) is -4.70. The van der Waals surface area contributed by atoms with E-state index in [-0.39, 0.29) is 5.69 Å². The maximum Gasteiger partial charge on any atom is 0.437 e. The number of hydrogen-bond donors (Lipinski definition) is 2. The van der Waals surface area contributed by atoms with Crippen LogP contribution in [0.1, 0.15) is 11.4 Å². The molecule has 0 saturated heterocycles. The first-order chi connectivity index (χ1) is 5.95. The zero-order chi connectivity index (χ0) is 10.1. The number of aromatic hydroxyl groups is 1. The zero-order valence-corrected chi connectivity index (χ0v) is 6.34. The Morgan fingerprint density at radius 3 is 2.38 bits per heavy atom. The van der Waals surface area contributed by atoms with Gasteiger partial charge in [0.25, 0.3) is 0 Å².